The van der Waals surface area contributed by atoms with Crippen molar-refractivity contribution in [3.63, 3.8) is 0 Å². The molecular weight excluding hydrogens is 226 g/mol. The molecule has 98 valence electrons. The lowest BCUT2D eigenvalue weighted by Gasteiger charge is -2.21. The molecule has 0 saturated heterocycles. The van der Waals surface area contributed by atoms with E-state index in [2.05, 4.69) is 25.1 Å². The Morgan fingerprint density at radius 2 is 2.22 bits per heavy atom. The summed E-state index contributed by atoms with van der Waals surface area (Å²) >= 11 is 0. The Morgan fingerprint density at radius 3 is 2.78 bits per heavy atom. The van der Waals surface area contributed by atoms with Crippen LogP contribution in [0, 0.1) is 12.3 Å². The van der Waals surface area contributed by atoms with Gasteiger partial charge >= 0.3 is 0 Å². The average Bonchev–Trinajstić information content (AvgIpc) is 2.38. The molecule has 3 heteroatoms. The normalized spacial score (nSPS) is 13.7. The minimum atomic E-state index is 0.157. The third-order valence-corrected chi connectivity index (χ3v) is 3.05. The van der Waals surface area contributed by atoms with Gasteiger partial charge in [-0.3, -0.25) is 0 Å². The van der Waals surface area contributed by atoms with Gasteiger partial charge in [0.25, 0.3) is 0 Å². The van der Waals surface area contributed by atoms with E-state index in [1.54, 1.807) is 13.2 Å². The quantitative estimate of drug-likeness (QED) is 0.759. The van der Waals surface area contributed by atoms with E-state index >= 15 is 0 Å². The van der Waals surface area contributed by atoms with E-state index in [0.717, 1.165) is 18.4 Å². The van der Waals surface area contributed by atoms with Crippen LogP contribution in [0.15, 0.2) is 18.2 Å². The minimum Gasteiger partial charge on any atom is -0.504 e. The molecule has 0 spiro atoms. The fraction of sp³-hybridized carbons (Fsp3) is 0.467. The molecule has 0 aromatic heterocycles. The first kappa shape index (κ1) is 14.4. The van der Waals surface area contributed by atoms with E-state index in [-0.39, 0.29) is 11.8 Å². The molecule has 1 rings (SSSR count). The number of terminal acetylenes is 1. The molecule has 0 bridgehead atoms. The number of phenols is 1. The van der Waals surface area contributed by atoms with Crippen molar-refractivity contribution in [1.82, 2.24) is 5.32 Å². The van der Waals surface area contributed by atoms with Crippen molar-refractivity contribution in [2.45, 2.75) is 38.8 Å². The maximum atomic E-state index is 9.56. The van der Waals surface area contributed by atoms with Crippen molar-refractivity contribution in [3.05, 3.63) is 23.8 Å². The van der Waals surface area contributed by atoms with Crippen LogP contribution in [0.1, 0.15) is 38.3 Å². The topological polar surface area (TPSA) is 41.5 Å². The average molecular weight is 247 g/mol. The third-order valence-electron chi connectivity index (χ3n) is 3.05. The number of phenolic OH excluding ortho intramolecular Hbond substituents is 1. The van der Waals surface area contributed by atoms with Crippen LogP contribution in [-0.4, -0.2) is 18.3 Å². The summed E-state index contributed by atoms with van der Waals surface area (Å²) in [4.78, 5) is 0. The molecule has 2 unspecified atom stereocenters. The fourth-order valence-electron chi connectivity index (χ4n) is 1.88. The van der Waals surface area contributed by atoms with Crippen LogP contribution in [0.5, 0.6) is 11.5 Å². The molecule has 1 aromatic carbocycles. The highest BCUT2D eigenvalue weighted by Crippen LogP contribution is 2.29. The van der Waals surface area contributed by atoms with Gasteiger partial charge in [-0.15, -0.1) is 12.3 Å². The maximum absolute atomic E-state index is 9.56. The lowest BCUT2D eigenvalue weighted by molar-refractivity contribution is 0.371. The summed E-state index contributed by atoms with van der Waals surface area (Å²) < 4.78 is 5.10. The van der Waals surface area contributed by atoms with Crippen molar-refractivity contribution >= 4 is 0 Å². The Hall–Kier alpha value is -1.66. The molecule has 2 N–H and O–H groups in total. The van der Waals surface area contributed by atoms with E-state index in [1.165, 1.54) is 0 Å². The Labute approximate surface area is 109 Å². The molecular formula is C15H21NO2. The van der Waals surface area contributed by atoms with E-state index in [1.807, 2.05) is 12.1 Å². The molecule has 0 aliphatic rings. The fourth-order valence-corrected chi connectivity index (χ4v) is 1.88. The largest absolute Gasteiger partial charge is 0.504 e. The number of hydrogen-bond donors (Lipinski definition) is 2. The first-order chi connectivity index (χ1) is 8.62. The predicted molar refractivity (Wildman–Crippen MR) is 73.7 cm³/mol. The number of hydrogen-bond acceptors (Lipinski definition) is 3. The summed E-state index contributed by atoms with van der Waals surface area (Å²) in [5.74, 6) is 3.33. The molecule has 1 aromatic rings. The summed E-state index contributed by atoms with van der Waals surface area (Å²) in [6.07, 6.45) is 7.05. The summed E-state index contributed by atoms with van der Waals surface area (Å²) in [5.41, 5.74) is 1.07. The Morgan fingerprint density at radius 1 is 1.50 bits per heavy atom. The van der Waals surface area contributed by atoms with Crippen molar-refractivity contribution in [1.29, 1.82) is 0 Å². The monoisotopic (exact) mass is 247 g/mol. The Bertz CT molecular complexity index is 423. The van der Waals surface area contributed by atoms with Gasteiger partial charge in [0.1, 0.15) is 0 Å². The first-order valence-electron chi connectivity index (χ1n) is 6.18. The molecule has 0 fully saturated rings. The molecule has 18 heavy (non-hydrogen) atoms. The maximum Gasteiger partial charge on any atom is 0.160 e. The molecule has 0 amide bonds. The second-order valence-corrected chi connectivity index (χ2v) is 4.33. The van der Waals surface area contributed by atoms with Crippen molar-refractivity contribution in [3.8, 4) is 23.8 Å². The second-order valence-electron chi connectivity index (χ2n) is 4.33. The summed E-state index contributed by atoms with van der Waals surface area (Å²) in [6.45, 7) is 4.18. The zero-order valence-electron chi connectivity index (χ0n) is 11.2. The second kappa shape index (κ2) is 6.93. The highest BCUT2D eigenvalue weighted by molar-refractivity contribution is 5.42. The van der Waals surface area contributed by atoms with Gasteiger partial charge in [0.15, 0.2) is 11.5 Å². The van der Waals surface area contributed by atoms with Crippen molar-refractivity contribution in [2.24, 2.45) is 0 Å². The number of benzene rings is 1. The van der Waals surface area contributed by atoms with E-state index in [4.69, 9.17) is 11.2 Å². The number of nitrogens with one attached hydrogen (secondary N) is 1. The van der Waals surface area contributed by atoms with Gasteiger partial charge in [0.05, 0.1) is 7.11 Å². The summed E-state index contributed by atoms with van der Waals surface area (Å²) in [6, 6.07) is 5.85. The van der Waals surface area contributed by atoms with E-state index < -0.39 is 0 Å². The predicted octanol–water partition coefficient (Wildman–Crippen LogP) is 2.85. The van der Waals surface area contributed by atoms with Crippen LogP contribution in [0.3, 0.4) is 0 Å². The minimum absolute atomic E-state index is 0.157. The molecule has 0 aliphatic heterocycles. The van der Waals surface area contributed by atoms with Gasteiger partial charge in [-0.05, 0) is 31.0 Å². The van der Waals surface area contributed by atoms with Gasteiger partial charge in [-0.1, -0.05) is 13.0 Å². The van der Waals surface area contributed by atoms with Crippen molar-refractivity contribution in [2.75, 3.05) is 7.11 Å². The lowest BCUT2D eigenvalue weighted by Crippen LogP contribution is -2.30. The van der Waals surface area contributed by atoms with Gasteiger partial charge < -0.3 is 15.2 Å². The summed E-state index contributed by atoms with van der Waals surface area (Å²) in [7, 11) is 1.55. The molecule has 0 heterocycles. The van der Waals surface area contributed by atoms with Crippen LogP contribution >= 0.6 is 0 Å². The van der Waals surface area contributed by atoms with Crippen molar-refractivity contribution < 1.29 is 9.84 Å². The zero-order chi connectivity index (χ0) is 13.5. The SMILES string of the molecule is C#CCC(CC)NC(C)c1ccc(O)c(OC)c1. The molecule has 0 aliphatic carbocycles. The Kier molecular flexibility index (Phi) is 5.54. The van der Waals surface area contributed by atoms with Crippen LogP contribution in [0.4, 0.5) is 0 Å². The number of ether oxygens (including phenoxy) is 1. The van der Waals surface area contributed by atoms with Gasteiger partial charge in [0, 0.05) is 18.5 Å². The van der Waals surface area contributed by atoms with Crippen LogP contribution in [0.2, 0.25) is 0 Å². The molecule has 3 nitrogen and oxygen atoms in total. The van der Waals surface area contributed by atoms with Gasteiger partial charge in [-0.25, -0.2) is 0 Å². The molecule has 2 atom stereocenters. The first-order valence-corrected chi connectivity index (χ1v) is 6.18. The summed E-state index contributed by atoms with van der Waals surface area (Å²) in [5, 5.41) is 13.0. The van der Waals surface area contributed by atoms with Crippen LogP contribution in [0.25, 0.3) is 0 Å². The van der Waals surface area contributed by atoms with Crippen LogP contribution in [-0.2, 0) is 0 Å². The highest BCUT2D eigenvalue weighted by Gasteiger charge is 2.12. The molecule has 0 saturated carbocycles. The standard InChI is InChI=1S/C15H21NO2/c1-5-7-13(6-2)16-11(3)12-8-9-14(17)15(10-12)18-4/h1,8-11,13,16-17H,6-7H2,2-4H3. The van der Waals surface area contributed by atoms with Gasteiger partial charge in [-0.2, -0.15) is 0 Å². The smallest absolute Gasteiger partial charge is 0.160 e. The number of methoxy groups -OCH3 is 1. The lowest BCUT2D eigenvalue weighted by atomic mass is 10.0. The molecule has 0 radical (unpaired) electrons. The number of aromatic hydroxyl groups is 1. The Balaban J connectivity index is 2.77. The van der Waals surface area contributed by atoms with E-state index in [9.17, 15) is 5.11 Å². The third kappa shape index (κ3) is 3.68. The highest BCUT2D eigenvalue weighted by atomic mass is 16.5. The van der Waals surface area contributed by atoms with Crippen LogP contribution < -0.4 is 10.1 Å². The van der Waals surface area contributed by atoms with Gasteiger partial charge in [0.2, 0.25) is 0 Å². The van der Waals surface area contributed by atoms with E-state index in [0.29, 0.717) is 11.8 Å². The zero-order valence-corrected chi connectivity index (χ0v) is 11.2. The number of rotatable bonds is 6.